The topological polar surface area (TPSA) is 49.8 Å². The van der Waals surface area contributed by atoms with E-state index in [4.69, 9.17) is 9.84 Å². The summed E-state index contributed by atoms with van der Waals surface area (Å²) < 4.78 is 5.43. The number of carboxylic acid groups (broad SMARTS) is 1. The minimum absolute atomic E-state index is 0.201. The number of ether oxygens (including phenoxy) is 1. The second-order valence-electron chi connectivity index (χ2n) is 5.52. The summed E-state index contributed by atoms with van der Waals surface area (Å²) in [5, 5.41) is 8.96. The monoisotopic (exact) mass is 241 g/mol. The lowest BCUT2D eigenvalue weighted by Crippen LogP contribution is -2.56. The van der Waals surface area contributed by atoms with Gasteiger partial charge in [0, 0.05) is 26.2 Å². The summed E-state index contributed by atoms with van der Waals surface area (Å²) in [6.45, 7) is 3.73. The van der Waals surface area contributed by atoms with Gasteiger partial charge in [-0.2, -0.15) is 0 Å². The summed E-state index contributed by atoms with van der Waals surface area (Å²) in [6, 6.07) is 0.617. The first-order chi connectivity index (χ1) is 8.11. The molecule has 4 nitrogen and oxygen atoms in total. The molecule has 0 aromatic heterocycles. The first-order valence-electron chi connectivity index (χ1n) is 6.61. The maximum absolute atomic E-state index is 10.9. The number of methoxy groups -OCH3 is 1. The van der Waals surface area contributed by atoms with Crippen LogP contribution in [0.2, 0.25) is 0 Å². The second kappa shape index (κ2) is 5.36. The van der Waals surface area contributed by atoms with E-state index in [2.05, 4.69) is 4.90 Å². The molecule has 2 aliphatic rings. The van der Waals surface area contributed by atoms with Gasteiger partial charge in [0.05, 0.1) is 12.0 Å². The Hall–Kier alpha value is -0.610. The van der Waals surface area contributed by atoms with Crippen molar-refractivity contribution >= 4 is 5.97 Å². The maximum atomic E-state index is 10.9. The highest BCUT2D eigenvalue weighted by Gasteiger charge is 2.39. The van der Waals surface area contributed by atoms with Crippen LogP contribution in [0.15, 0.2) is 0 Å². The fraction of sp³-hybridized carbons (Fsp3) is 0.923. The summed E-state index contributed by atoms with van der Waals surface area (Å²) in [5.74, 6) is -0.517. The molecule has 1 saturated carbocycles. The van der Waals surface area contributed by atoms with Crippen LogP contribution in [0.3, 0.4) is 0 Å². The van der Waals surface area contributed by atoms with Gasteiger partial charge in [0.15, 0.2) is 0 Å². The van der Waals surface area contributed by atoms with Gasteiger partial charge in [-0.05, 0) is 31.6 Å². The van der Waals surface area contributed by atoms with Gasteiger partial charge < -0.3 is 9.84 Å². The molecule has 17 heavy (non-hydrogen) atoms. The van der Waals surface area contributed by atoms with E-state index in [1.807, 2.05) is 6.92 Å². The lowest BCUT2D eigenvalue weighted by molar-refractivity contribution is -0.146. The summed E-state index contributed by atoms with van der Waals surface area (Å²) in [6.07, 6.45) is 5.18. The van der Waals surface area contributed by atoms with Crippen molar-refractivity contribution in [1.82, 2.24) is 4.90 Å². The number of carboxylic acids is 1. The van der Waals surface area contributed by atoms with E-state index in [0.29, 0.717) is 18.1 Å². The lowest BCUT2D eigenvalue weighted by atomic mass is 9.82. The van der Waals surface area contributed by atoms with Crippen molar-refractivity contribution in [1.29, 1.82) is 0 Å². The largest absolute Gasteiger partial charge is 0.481 e. The molecule has 1 aliphatic carbocycles. The smallest absolute Gasteiger partial charge is 0.306 e. The Bertz CT molecular complexity index is 276. The highest BCUT2D eigenvalue weighted by Crippen LogP contribution is 2.32. The van der Waals surface area contributed by atoms with Crippen molar-refractivity contribution in [3.63, 3.8) is 0 Å². The first kappa shape index (κ1) is 12.8. The molecule has 0 radical (unpaired) electrons. The zero-order chi connectivity index (χ0) is 12.4. The maximum Gasteiger partial charge on any atom is 0.306 e. The molecule has 98 valence electrons. The van der Waals surface area contributed by atoms with E-state index >= 15 is 0 Å². The summed E-state index contributed by atoms with van der Waals surface area (Å²) in [4.78, 5) is 13.3. The SMILES string of the molecule is COC1CCCC(N2CC(C(C)C(=O)O)C2)C1. The molecule has 1 aliphatic heterocycles. The fourth-order valence-corrected chi connectivity index (χ4v) is 3.03. The molecular weight excluding hydrogens is 218 g/mol. The number of nitrogens with zero attached hydrogens (tertiary/aromatic N) is 1. The van der Waals surface area contributed by atoms with E-state index in [1.54, 1.807) is 7.11 Å². The summed E-state index contributed by atoms with van der Waals surface area (Å²) >= 11 is 0. The number of hydrogen-bond acceptors (Lipinski definition) is 3. The molecule has 2 fully saturated rings. The van der Waals surface area contributed by atoms with Crippen molar-refractivity contribution in [2.45, 2.75) is 44.8 Å². The Balaban J connectivity index is 1.77. The molecule has 3 unspecified atom stereocenters. The highest BCUT2D eigenvalue weighted by atomic mass is 16.5. The molecular formula is C13H23NO3. The van der Waals surface area contributed by atoms with Crippen molar-refractivity contribution in [3.8, 4) is 0 Å². The molecule has 1 heterocycles. The van der Waals surface area contributed by atoms with Crippen LogP contribution in [0.25, 0.3) is 0 Å². The number of rotatable bonds is 4. The van der Waals surface area contributed by atoms with Crippen LogP contribution < -0.4 is 0 Å². The Morgan fingerprint density at radius 3 is 2.71 bits per heavy atom. The lowest BCUT2D eigenvalue weighted by Gasteiger charge is -2.48. The van der Waals surface area contributed by atoms with Crippen molar-refractivity contribution in [3.05, 3.63) is 0 Å². The number of carbonyl (C=O) groups is 1. The molecule has 0 amide bonds. The Morgan fingerprint density at radius 1 is 1.41 bits per heavy atom. The van der Waals surface area contributed by atoms with Gasteiger partial charge in [0.25, 0.3) is 0 Å². The molecule has 0 bridgehead atoms. The van der Waals surface area contributed by atoms with Gasteiger partial charge in [0.2, 0.25) is 0 Å². The van der Waals surface area contributed by atoms with Gasteiger partial charge >= 0.3 is 5.97 Å². The molecule has 0 aromatic carbocycles. The number of aliphatic carboxylic acids is 1. The van der Waals surface area contributed by atoms with Gasteiger partial charge in [-0.25, -0.2) is 0 Å². The third-order valence-electron chi connectivity index (χ3n) is 4.48. The van der Waals surface area contributed by atoms with Crippen LogP contribution in [-0.2, 0) is 9.53 Å². The third kappa shape index (κ3) is 2.80. The van der Waals surface area contributed by atoms with Gasteiger partial charge in [-0.3, -0.25) is 9.69 Å². The van der Waals surface area contributed by atoms with E-state index in [1.165, 1.54) is 19.3 Å². The third-order valence-corrected chi connectivity index (χ3v) is 4.48. The quantitative estimate of drug-likeness (QED) is 0.812. The van der Waals surface area contributed by atoms with Crippen LogP contribution in [0.5, 0.6) is 0 Å². The van der Waals surface area contributed by atoms with E-state index < -0.39 is 5.97 Å². The summed E-state index contributed by atoms with van der Waals surface area (Å²) in [7, 11) is 1.79. The van der Waals surface area contributed by atoms with Gasteiger partial charge in [-0.15, -0.1) is 0 Å². The fourth-order valence-electron chi connectivity index (χ4n) is 3.03. The zero-order valence-electron chi connectivity index (χ0n) is 10.8. The standard InChI is InChI=1S/C13H23NO3/c1-9(13(15)16)10-7-14(8-10)11-4-3-5-12(6-11)17-2/h9-12H,3-8H2,1-2H3,(H,15,16). The van der Waals surface area contributed by atoms with Crippen molar-refractivity contribution in [2.75, 3.05) is 20.2 Å². The van der Waals surface area contributed by atoms with Crippen LogP contribution in [-0.4, -0.2) is 48.3 Å². The number of hydrogen-bond donors (Lipinski definition) is 1. The van der Waals surface area contributed by atoms with Crippen molar-refractivity contribution in [2.24, 2.45) is 11.8 Å². The molecule has 1 N–H and O–H groups in total. The minimum atomic E-state index is -0.659. The van der Waals surface area contributed by atoms with Gasteiger partial charge in [0.1, 0.15) is 0 Å². The summed E-state index contributed by atoms with van der Waals surface area (Å²) in [5.41, 5.74) is 0. The molecule has 0 spiro atoms. The van der Waals surface area contributed by atoms with E-state index in [9.17, 15) is 4.79 Å². The second-order valence-corrected chi connectivity index (χ2v) is 5.52. The predicted octanol–water partition coefficient (Wildman–Crippen LogP) is 1.60. The Kier molecular flexibility index (Phi) is 4.05. The Labute approximate surface area is 103 Å². The minimum Gasteiger partial charge on any atom is -0.481 e. The van der Waals surface area contributed by atoms with Crippen LogP contribution in [0.4, 0.5) is 0 Å². The zero-order valence-corrected chi connectivity index (χ0v) is 10.8. The first-order valence-corrected chi connectivity index (χ1v) is 6.61. The number of likely N-dealkylation sites (tertiary alicyclic amines) is 1. The van der Waals surface area contributed by atoms with Crippen LogP contribution >= 0.6 is 0 Å². The molecule has 0 aromatic rings. The molecule has 3 atom stereocenters. The molecule has 4 heteroatoms. The van der Waals surface area contributed by atoms with Crippen LogP contribution in [0.1, 0.15) is 32.6 Å². The normalized spacial score (nSPS) is 33.1. The average molecular weight is 241 g/mol. The van der Waals surface area contributed by atoms with Gasteiger partial charge in [-0.1, -0.05) is 6.92 Å². The van der Waals surface area contributed by atoms with E-state index in [-0.39, 0.29) is 5.92 Å². The highest BCUT2D eigenvalue weighted by molar-refractivity contribution is 5.70. The van der Waals surface area contributed by atoms with Crippen LogP contribution in [0, 0.1) is 11.8 Å². The van der Waals surface area contributed by atoms with E-state index in [0.717, 1.165) is 19.5 Å². The molecule has 1 saturated heterocycles. The predicted molar refractivity (Wildman–Crippen MR) is 64.9 cm³/mol. The molecule has 2 rings (SSSR count). The van der Waals surface area contributed by atoms with Crippen molar-refractivity contribution < 1.29 is 14.6 Å². The Morgan fingerprint density at radius 2 is 2.12 bits per heavy atom. The average Bonchev–Trinajstić information content (AvgIpc) is 2.27.